The van der Waals surface area contributed by atoms with Crippen LogP contribution in [0.1, 0.15) is 36.5 Å². The van der Waals surface area contributed by atoms with Crippen molar-refractivity contribution in [3.63, 3.8) is 0 Å². The van der Waals surface area contributed by atoms with E-state index in [9.17, 15) is 4.79 Å². The highest BCUT2D eigenvalue weighted by atomic mass is 32.1. The minimum absolute atomic E-state index is 0.194. The summed E-state index contributed by atoms with van der Waals surface area (Å²) in [6.45, 7) is 6.93. The van der Waals surface area contributed by atoms with Gasteiger partial charge in [0.05, 0.1) is 16.8 Å². The highest BCUT2D eigenvalue weighted by Crippen LogP contribution is 2.29. The first-order valence-electron chi connectivity index (χ1n) is 13.4. The fourth-order valence-corrected chi connectivity index (χ4v) is 5.41. The number of nitrogens with zero attached hydrogens (tertiary/aromatic N) is 5. The molecule has 0 unspecified atom stereocenters. The van der Waals surface area contributed by atoms with Crippen molar-refractivity contribution in [2.45, 2.75) is 33.6 Å². The molecular formula is C32H29N5O2S. The van der Waals surface area contributed by atoms with Crippen LogP contribution >= 0.6 is 11.3 Å². The molecule has 0 aliphatic rings. The summed E-state index contributed by atoms with van der Waals surface area (Å²) in [4.78, 5) is 18.6. The minimum Gasteiger partial charge on any atom is -0.493 e. The van der Waals surface area contributed by atoms with Crippen LogP contribution in [0.5, 0.6) is 5.75 Å². The van der Waals surface area contributed by atoms with Crippen molar-refractivity contribution in [1.82, 2.24) is 24.4 Å². The van der Waals surface area contributed by atoms with Crippen LogP contribution in [0.15, 0.2) is 83.8 Å². The lowest BCUT2D eigenvalue weighted by atomic mass is 10.0. The number of thiazole rings is 1. The number of rotatable bonds is 8. The van der Waals surface area contributed by atoms with E-state index in [1.807, 2.05) is 97.5 Å². The Morgan fingerprint density at radius 1 is 0.950 bits per heavy atom. The molecule has 40 heavy (non-hydrogen) atoms. The third kappa shape index (κ3) is 5.05. The summed E-state index contributed by atoms with van der Waals surface area (Å²) < 4.78 is 9.75. The number of benzene rings is 3. The molecule has 3 heterocycles. The largest absolute Gasteiger partial charge is 0.493 e. The zero-order valence-electron chi connectivity index (χ0n) is 22.7. The Morgan fingerprint density at radius 3 is 2.45 bits per heavy atom. The number of hydrogen-bond donors (Lipinski definition) is 0. The van der Waals surface area contributed by atoms with E-state index < -0.39 is 0 Å². The SMILES string of the molecule is CCCCOc1ccc(-c2nn(-c3ccccc3)cc2/C=c2/sc3nc(-c4ccc(C)cc4)nn3c2=O)cc1C. The van der Waals surface area contributed by atoms with Crippen molar-refractivity contribution in [2.75, 3.05) is 6.61 Å². The van der Waals surface area contributed by atoms with Crippen LogP contribution in [-0.2, 0) is 0 Å². The van der Waals surface area contributed by atoms with E-state index in [0.717, 1.165) is 57.8 Å². The topological polar surface area (TPSA) is 74.3 Å². The predicted molar refractivity (Wildman–Crippen MR) is 160 cm³/mol. The van der Waals surface area contributed by atoms with Gasteiger partial charge in [-0.2, -0.15) is 14.6 Å². The van der Waals surface area contributed by atoms with Gasteiger partial charge in [0.15, 0.2) is 5.82 Å². The number of aryl methyl sites for hydroxylation is 2. The molecule has 0 aliphatic carbocycles. The number of hydrogen-bond acceptors (Lipinski definition) is 6. The van der Waals surface area contributed by atoms with E-state index in [1.54, 1.807) is 0 Å². The van der Waals surface area contributed by atoms with Gasteiger partial charge < -0.3 is 4.74 Å². The minimum atomic E-state index is -0.194. The second-order valence-corrected chi connectivity index (χ2v) is 10.8. The Hall–Kier alpha value is -4.56. The molecule has 3 aromatic heterocycles. The summed E-state index contributed by atoms with van der Waals surface area (Å²) in [6, 6.07) is 24.0. The fraction of sp³-hybridized carbons (Fsp3) is 0.188. The first-order chi connectivity index (χ1) is 19.5. The Morgan fingerprint density at radius 2 is 1.73 bits per heavy atom. The molecular weight excluding hydrogens is 518 g/mol. The molecule has 8 heteroatoms. The van der Waals surface area contributed by atoms with Gasteiger partial charge >= 0.3 is 0 Å². The standard InChI is InChI=1S/C32H29N5O2S/c1-4-5-17-39-27-16-15-24(18-22(27)3)29-25(20-36(34-29)26-9-7-6-8-10-26)19-28-31(38)37-32(40-28)33-30(35-37)23-13-11-21(2)12-14-23/h6-16,18-20H,4-5,17H2,1-3H3/b28-19+. The number of unbranched alkanes of at least 4 members (excludes halogenated alkanes) is 1. The van der Waals surface area contributed by atoms with Gasteiger partial charge in [0, 0.05) is 22.9 Å². The summed E-state index contributed by atoms with van der Waals surface area (Å²) in [5.41, 5.74) is 6.40. The van der Waals surface area contributed by atoms with E-state index in [-0.39, 0.29) is 5.56 Å². The molecule has 0 fully saturated rings. The molecule has 200 valence electrons. The zero-order chi connectivity index (χ0) is 27.6. The van der Waals surface area contributed by atoms with E-state index in [4.69, 9.17) is 9.84 Å². The van der Waals surface area contributed by atoms with Crippen molar-refractivity contribution in [3.05, 3.63) is 111 Å². The monoisotopic (exact) mass is 547 g/mol. The van der Waals surface area contributed by atoms with Crippen LogP contribution in [-0.4, -0.2) is 31.0 Å². The maximum atomic E-state index is 13.4. The normalized spacial score (nSPS) is 11.9. The van der Waals surface area contributed by atoms with Gasteiger partial charge in [0.1, 0.15) is 11.4 Å². The molecule has 0 amide bonds. The Bertz CT molecular complexity index is 1900. The Labute approximate surface area is 236 Å². The number of aromatic nitrogens is 5. The summed E-state index contributed by atoms with van der Waals surface area (Å²) in [5, 5.41) is 9.44. The summed E-state index contributed by atoms with van der Waals surface area (Å²) >= 11 is 1.33. The van der Waals surface area contributed by atoms with Crippen molar-refractivity contribution < 1.29 is 4.74 Å². The molecule has 3 aromatic carbocycles. The van der Waals surface area contributed by atoms with Crippen LogP contribution in [0.4, 0.5) is 0 Å². The van der Waals surface area contributed by atoms with E-state index >= 15 is 0 Å². The number of ether oxygens (including phenoxy) is 1. The zero-order valence-corrected chi connectivity index (χ0v) is 23.5. The molecule has 6 aromatic rings. The van der Waals surface area contributed by atoms with Crippen molar-refractivity contribution in [2.24, 2.45) is 0 Å². The second-order valence-electron chi connectivity index (χ2n) is 9.81. The molecule has 0 bridgehead atoms. The number of para-hydroxylation sites is 1. The molecule has 0 saturated carbocycles. The van der Waals surface area contributed by atoms with Gasteiger partial charge in [-0.05, 0) is 62.2 Å². The van der Waals surface area contributed by atoms with Crippen LogP contribution < -0.4 is 14.8 Å². The van der Waals surface area contributed by atoms with Gasteiger partial charge in [-0.3, -0.25) is 4.79 Å². The van der Waals surface area contributed by atoms with E-state index in [1.165, 1.54) is 15.9 Å². The maximum Gasteiger partial charge on any atom is 0.291 e. The van der Waals surface area contributed by atoms with Gasteiger partial charge in [0.25, 0.3) is 5.56 Å². The van der Waals surface area contributed by atoms with E-state index in [0.29, 0.717) is 21.9 Å². The molecule has 0 N–H and O–H groups in total. The molecule has 0 aliphatic heterocycles. The van der Waals surface area contributed by atoms with Crippen LogP contribution in [0.2, 0.25) is 0 Å². The predicted octanol–water partition coefficient (Wildman–Crippen LogP) is 6.01. The maximum absolute atomic E-state index is 13.4. The van der Waals surface area contributed by atoms with Crippen LogP contribution in [0, 0.1) is 13.8 Å². The average molecular weight is 548 g/mol. The molecule has 6 rings (SSSR count). The highest BCUT2D eigenvalue weighted by molar-refractivity contribution is 7.15. The van der Waals surface area contributed by atoms with Crippen molar-refractivity contribution in [3.8, 4) is 34.1 Å². The Kier molecular flexibility index (Phi) is 7.00. The van der Waals surface area contributed by atoms with Gasteiger partial charge in [-0.25, -0.2) is 4.68 Å². The lowest BCUT2D eigenvalue weighted by Crippen LogP contribution is -2.23. The van der Waals surface area contributed by atoms with Gasteiger partial charge in [-0.1, -0.05) is 72.7 Å². The summed E-state index contributed by atoms with van der Waals surface area (Å²) in [5.74, 6) is 1.42. The molecule has 7 nitrogen and oxygen atoms in total. The summed E-state index contributed by atoms with van der Waals surface area (Å²) in [7, 11) is 0. The van der Waals surface area contributed by atoms with Gasteiger partial charge in [-0.15, -0.1) is 5.10 Å². The first-order valence-corrected chi connectivity index (χ1v) is 14.2. The third-order valence-corrected chi connectivity index (χ3v) is 7.70. The number of fused-ring (bicyclic) bond motifs is 1. The van der Waals surface area contributed by atoms with Crippen LogP contribution in [0.25, 0.3) is 39.4 Å². The van der Waals surface area contributed by atoms with Crippen LogP contribution in [0.3, 0.4) is 0 Å². The van der Waals surface area contributed by atoms with E-state index in [2.05, 4.69) is 23.1 Å². The Balaban J connectivity index is 1.43. The first kappa shape index (κ1) is 25.7. The molecule has 0 saturated heterocycles. The molecule has 0 atom stereocenters. The fourth-order valence-electron chi connectivity index (χ4n) is 4.52. The molecule has 0 spiro atoms. The van der Waals surface area contributed by atoms with Crippen molar-refractivity contribution in [1.29, 1.82) is 0 Å². The molecule has 0 radical (unpaired) electrons. The smallest absolute Gasteiger partial charge is 0.291 e. The second kappa shape index (κ2) is 10.9. The lowest BCUT2D eigenvalue weighted by Gasteiger charge is -2.10. The quantitative estimate of drug-likeness (QED) is 0.218. The summed E-state index contributed by atoms with van der Waals surface area (Å²) in [6.07, 6.45) is 5.95. The van der Waals surface area contributed by atoms with Gasteiger partial charge in [0.2, 0.25) is 4.96 Å². The highest BCUT2D eigenvalue weighted by Gasteiger charge is 2.16. The lowest BCUT2D eigenvalue weighted by molar-refractivity contribution is 0.307. The third-order valence-electron chi connectivity index (χ3n) is 6.75. The average Bonchev–Trinajstić information content (AvgIpc) is 3.66. The van der Waals surface area contributed by atoms with Crippen molar-refractivity contribution >= 4 is 22.4 Å².